The largest absolute Gasteiger partial charge is 0.486 e. The SMILES string of the molecule is [N-]=[N+]=NCCOc1c(Br)cc(Cl)cc1[N+](=O)[O-]. The van der Waals surface area contributed by atoms with Crippen LogP contribution in [0.15, 0.2) is 21.7 Å². The zero-order chi connectivity index (χ0) is 12.8. The fraction of sp³-hybridized carbons (Fsp3) is 0.250. The summed E-state index contributed by atoms with van der Waals surface area (Å²) in [6.45, 7) is 0.133. The van der Waals surface area contributed by atoms with Crippen LogP contribution in [0.25, 0.3) is 10.4 Å². The van der Waals surface area contributed by atoms with Crippen LogP contribution in [0.4, 0.5) is 5.69 Å². The Balaban J connectivity index is 2.96. The molecule has 0 amide bonds. The third-order valence-electron chi connectivity index (χ3n) is 1.69. The minimum Gasteiger partial charge on any atom is -0.486 e. The Morgan fingerprint density at radius 1 is 1.65 bits per heavy atom. The van der Waals surface area contributed by atoms with Crippen molar-refractivity contribution in [2.24, 2.45) is 5.11 Å². The molecule has 0 heterocycles. The van der Waals surface area contributed by atoms with Crippen molar-refractivity contribution in [2.45, 2.75) is 0 Å². The maximum atomic E-state index is 10.8. The molecule has 0 atom stereocenters. The average Bonchev–Trinajstić information content (AvgIpc) is 2.25. The van der Waals surface area contributed by atoms with Crippen molar-refractivity contribution in [1.29, 1.82) is 0 Å². The lowest BCUT2D eigenvalue weighted by Crippen LogP contribution is -2.03. The van der Waals surface area contributed by atoms with Crippen LogP contribution in [0.2, 0.25) is 5.02 Å². The molecule has 0 unspecified atom stereocenters. The van der Waals surface area contributed by atoms with Gasteiger partial charge in [0, 0.05) is 16.0 Å². The third-order valence-corrected chi connectivity index (χ3v) is 2.49. The first-order valence-electron chi connectivity index (χ1n) is 4.33. The van der Waals surface area contributed by atoms with Crippen LogP contribution in [0.3, 0.4) is 0 Å². The summed E-state index contributed by atoms with van der Waals surface area (Å²) in [6.07, 6.45) is 0. The number of azide groups is 1. The van der Waals surface area contributed by atoms with E-state index in [1.165, 1.54) is 12.1 Å². The van der Waals surface area contributed by atoms with E-state index in [2.05, 4.69) is 26.0 Å². The highest BCUT2D eigenvalue weighted by Gasteiger charge is 2.19. The number of halogens is 2. The molecule has 0 bridgehead atoms. The van der Waals surface area contributed by atoms with Crippen LogP contribution in [0.1, 0.15) is 0 Å². The number of nitrogens with zero attached hydrogens (tertiary/aromatic N) is 4. The molecule has 0 aliphatic rings. The molecule has 0 aliphatic heterocycles. The number of benzene rings is 1. The average molecular weight is 322 g/mol. The van der Waals surface area contributed by atoms with Gasteiger partial charge in [-0.3, -0.25) is 10.1 Å². The Kier molecular flexibility index (Phi) is 5.02. The maximum absolute atomic E-state index is 10.8. The minimum atomic E-state index is -0.598. The second-order valence-corrected chi connectivity index (χ2v) is 4.09. The van der Waals surface area contributed by atoms with Crippen LogP contribution < -0.4 is 4.74 Å². The summed E-state index contributed by atoms with van der Waals surface area (Å²) in [4.78, 5) is 12.7. The monoisotopic (exact) mass is 320 g/mol. The molecule has 1 aromatic carbocycles. The van der Waals surface area contributed by atoms with Gasteiger partial charge < -0.3 is 4.74 Å². The molecule has 90 valence electrons. The lowest BCUT2D eigenvalue weighted by atomic mass is 10.3. The summed E-state index contributed by atoms with van der Waals surface area (Å²) in [7, 11) is 0. The summed E-state index contributed by atoms with van der Waals surface area (Å²) in [5.74, 6) is 0.0625. The van der Waals surface area contributed by atoms with Gasteiger partial charge in [0.25, 0.3) is 0 Å². The van der Waals surface area contributed by atoms with E-state index < -0.39 is 4.92 Å². The predicted octanol–water partition coefficient (Wildman–Crippen LogP) is 3.70. The Labute approximate surface area is 109 Å². The normalized spacial score (nSPS) is 9.53. The molecule has 1 rings (SSSR count). The standard InChI is InChI=1S/C8H6BrClN4O3/c9-6-3-5(10)4-7(14(15)16)8(6)17-2-1-12-13-11/h3-4H,1-2H2. The van der Waals surface area contributed by atoms with Crippen LogP contribution in [0.5, 0.6) is 5.75 Å². The zero-order valence-corrected chi connectivity index (χ0v) is 10.7. The molecule has 0 radical (unpaired) electrons. The molecule has 0 aliphatic carbocycles. The van der Waals surface area contributed by atoms with E-state index in [1.54, 1.807) is 0 Å². The van der Waals surface area contributed by atoms with Crippen molar-refractivity contribution < 1.29 is 9.66 Å². The fourth-order valence-electron chi connectivity index (χ4n) is 1.06. The van der Waals surface area contributed by atoms with Gasteiger partial charge in [-0.05, 0) is 27.5 Å². The van der Waals surface area contributed by atoms with Crippen LogP contribution in [-0.4, -0.2) is 18.1 Å². The Morgan fingerprint density at radius 3 is 2.94 bits per heavy atom. The number of hydrogen-bond donors (Lipinski definition) is 0. The van der Waals surface area contributed by atoms with Gasteiger partial charge in [0.2, 0.25) is 5.75 Å². The highest BCUT2D eigenvalue weighted by Crippen LogP contribution is 2.37. The van der Waals surface area contributed by atoms with Crippen molar-refractivity contribution in [3.8, 4) is 5.75 Å². The summed E-state index contributed by atoms with van der Waals surface area (Å²) in [5.41, 5.74) is 7.82. The van der Waals surface area contributed by atoms with E-state index in [9.17, 15) is 10.1 Å². The minimum absolute atomic E-state index is 0.0468. The first-order valence-corrected chi connectivity index (χ1v) is 5.50. The van der Waals surface area contributed by atoms with Gasteiger partial charge in [0.1, 0.15) is 0 Å². The van der Waals surface area contributed by atoms with Gasteiger partial charge >= 0.3 is 5.69 Å². The number of hydrogen-bond acceptors (Lipinski definition) is 4. The van der Waals surface area contributed by atoms with Crippen LogP contribution in [0, 0.1) is 10.1 Å². The van der Waals surface area contributed by atoms with Gasteiger partial charge in [-0.25, -0.2) is 0 Å². The highest BCUT2D eigenvalue weighted by molar-refractivity contribution is 9.10. The zero-order valence-electron chi connectivity index (χ0n) is 8.34. The molecule has 7 nitrogen and oxygen atoms in total. The third kappa shape index (κ3) is 3.77. The van der Waals surface area contributed by atoms with Crippen molar-refractivity contribution in [2.75, 3.05) is 13.2 Å². The van der Waals surface area contributed by atoms with Crippen LogP contribution >= 0.6 is 27.5 Å². The van der Waals surface area contributed by atoms with E-state index in [0.29, 0.717) is 4.47 Å². The topological polar surface area (TPSA) is 101 Å². The molecule has 0 saturated carbocycles. The predicted molar refractivity (Wildman–Crippen MR) is 65.3 cm³/mol. The first-order chi connectivity index (χ1) is 8.06. The molecule has 0 fully saturated rings. The smallest absolute Gasteiger partial charge is 0.313 e. The summed E-state index contributed by atoms with van der Waals surface area (Å²) >= 11 is 8.81. The van der Waals surface area contributed by atoms with Gasteiger partial charge in [0.05, 0.1) is 22.5 Å². The maximum Gasteiger partial charge on any atom is 0.313 e. The summed E-state index contributed by atoms with van der Waals surface area (Å²) in [5, 5.41) is 14.3. The second-order valence-electron chi connectivity index (χ2n) is 2.80. The van der Waals surface area contributed by atoms with Gasteiger partial charge in [-0.15, -0.1) is 0 Å². The molecular weight excluding hydrogens is 315 g/mol. The molecule has 9 heteroatoms. The van der Waals surface area contributed by atoms with Crippen molar-refractivity contribution in [3.63, 3.8) is 0 Å². The number of nitro groups is 1. The van der Waals surface area contributed by atoms with Crippen molar-refractivity contribution in [3.05, 3.63) is 42.2 Å². The molecule has 17 heavy (non-hydrogen) atoms. The van der Waals surface area contributed by atoms with Gasteiger partial charge in [-0.2, -0.15) is 0 Å². The van der Waals surface area contributed by atoms with Gasteiger partial charge in [-0.1, -0.05) is 16.7 Å². The summed E-state index contributed by atoms with van der Waals surface area (Å²) in [6, 6.07) is 2.67. The Morgan fingerprint density at radius 2 is 2.35 bits per heavy atom. The van der Waals surface area contributed by atoms with E-state index in [4.69, 9.17) is 21.9 Å². The van der Waals surface area contributed by atoms with Gasteiger partial charge in [0.15, 0.2) is 0 Å². The number of rotatable bonds is 5. The quantitative estimate of drug-likeness (QED) is 0.206. The number of ether oxygens (including phenoxy) is 1. The lowest BCUT2D eigenvalue weighted by Gasteiger charge is -2.07. The Bertz CT molecular complexity index is 490. The highest BCUT2D eigenvalue weighted by atomic mass is 79.9. The van der Waals surface area contributed by atoms with Crippen LogP contribution in [-0.2, 0) is 0 Å². The first kappa shape index (κ1) is 13.6. The summed E-state index contributed by atoms with van der Waals surface area (Å²) < 4.78 is 5.55. The number of nitro benzene ring substituents is 1. The fourth-order valence-corrected chi connectivity index (χ4v) is 1.97. The Hall–Kier alpha value is -1.50. The molecule has 0 saturated heterocycles. The molecule has 1 aromatic rings. The van der Waals surface area contributed by atoms with E-state index >= 15 is 0 Å². The molecule has 0 aromatic heterocycles. The lowest BCUT2D eigenvalue weighted by molar-refractivity contribution is -0.385. The van der Waals surface area contributed by atoms with Crippen molar-refractivity contribution in [1.82, 2.24) is 0 Å². The van der Waals surface area contributed by atoms with Crippen molar-refractivity contribution >= 4 is 33.2 Å². The van der Waals surface area contributed by atoms with E-state index in [1.807, 2.05) is 0 Å². The van der Waals surface area contributed by atoms with E-state index in [-0.39, 0.29) is 29.6 Å². The molecular formula is C8H6BrClN4O3. The second kappa shape index (κ2) is 6.29. The van der Waals surface area contributed by atoms with E-state index in [0.717, 1.165) is 0 Å². The molecule has 0 spiro atoms. The molecule has 0 N–H and O–H groups in total.